The molecule has 0 aliphatic heterocycles. The molecule has 0 aromatic carbocycles. The van der Waals surface area contributed by atoms with E-state index in [2.05, 4.69) is 10.3 Å². The highest BCUT2D eigenvalue weighted by Gasteiger charge is 1.78. The van der Waals surface area contributed by atoms with Crippen LogP contribution in [-0.2, 0) is 10.2 Å². The summed E-state index contributed by atoms with van der Waals surface area (Å²) in [5.74, 6) is 0. The van der Waals surface area contributed by atoms with E-state index in [1.807, 2.05) is 0 Å². The molecule has 56 valence electrons. The van der Waals surface area contributed by atoms with Crippen molar-refractivity contribution in [2.24, 2.45) is 10.3 Å². The molecule has 0 saturated carbocycles. The zero-order chi connectivity index (χ0) is 4.50. The SMILES string of the molecule is Cl.Cl.Cl.NS(N)(=O)=O. The van der Waals surface area contributed by atoms with Crippen molar-refractivity contribution in [3.8, 4) is 0 Å². The third-order valence-electron chi connectivity index (χ3n) is 0. The van der Waals surface area contributed by atoms with E-state index >= 15 is 0 Å². The Balaban J connectivity index is -0.0000000267. The highest BCUT2D eigenvalue weighted by atomic mass is 35.5. The van der Waals surface area contributed by atoms with Gasteiger partial charge in [-0.2, -0.15) is 8.42 Å². The van der Waals surface area contributed by atoms with E-state index in [1.54, 1.807) is 0 Å². The lowest BCUT2D eigenvalue weighted by molar-refractivity contribution is 0.599. The molecule has 0 spiro atoms. The van der Waals surface area contributed by atoms with Crippen molar-refractivity contribution in [1.82, 2.24) is 0 Å². The van der Waals surface area contributed by atoms with E-state index < -0.39 is 10.2 Å². The molecule has 8 heteroatoms. The van der Waals surface area contributed by atoms with Gasteiger partial charge in [0.15, 0.2) is 0 Å². The molecule has 0 atom stereocenters. The van der Waals surface area contributed by atoms with E-state index in [0.717, 1.165) is 0 Å². The molecule has 0 amide bonds. The van der Waals surface area contributed by atoms with Gasteiger partial charge in [0.25, 0.3) is 10.2 Å². The van der Waals surface area contributed by atoms with Gasteiger partial charge in [-0.05, 0) is 0 Å². The summed E-state index contributed by atoms with van der Waals surface area (Å²) in [5.41, 5.74) is 0. The summed E-state index contributed by atoms with van der Waals surface area (Å²) in [4.78, 5) is 0. The first-order valence-corrected chi connectivity index (χ1v) is 2.41. The van der Waals surface area contributed by atoms with Gasteiger partial charge < -0.3 is 0 Å². The molecule has 0 fully saturated rings. The number of hydrogen-bond acceptors (Lipinski definition) is 2. The molecule has 0 unspecified atom stereocenters. The maximum absolute atomic E-state index is 9.19. The topological polar surface area (TPSA) is 86.2 Å². The smallest absolute Gasteiger partial charge is 0.216 e. The number of rotatable bonds is 0. The first-order valence-electron chi connectivity index (χ1n) is 0.805. The number of hydrogen-bond donors (Lipinski definition) is 2. The average Bonchev–Trinajstić information content (AvgIpc) is 0.722. The van der Waals surface area contributed by atoms with E-state index in [0.29, 0.717) is 0 Å². The van der Waals surface area contributed by atoms with E-state index in [-0.39, 0.29) is 37.2 Å². The molecule has 8 heavy (non-hydrogen) atoms. The number of nitrogens with two attached hydrogens (primary N) is 2. The van der Waals surface area contributed by atoms with Crippen molar-refractivity contribution in [3.63, 3.8) is 0 Å². The quantitative estimate of drug-likeness (QED) is 0.554. The van der Waals surface area contributed by atoms with Gasteiger partial charge >= 0.3 is 0 Å². The second kappa shape index (κ2) is 7.74. The van der Waals surface area contributed by atoms with Crippen LogP contribution in [0, 0.1) is 0 Å². The lowest BCUT2D eigenvalue weighted by Gasteiger charge is -1.72. The van der Waals surface area contributed by atoms with Gasteiger partial charge in [0, 0.05) is 0 Å². The van der Waals surface area contributed by atoms with Gasteiger partial charge in [0.2, 0.25) is 0 Å². The van der Waals surface area contributed by atoms with Crippen LogP contribution >= 0.6 is 37.2 Å². The molecule has 0 heterocycles. The van der Waals surface area contributed by atoms with Crippen LogP contribution < -0.4 is 10.3 Å². The monoisotopic (exact) mass is 204 g/mol. The van der Waals surface area contributed by atoms with Crippen LogP contribution in [0.1, 0.15) is 0 Å². The van der Waals surface area contributed by atoms with Crippen LogP contribution in [0.15, 0.2) is 0 Å². The number of halogens is 3. The van der Waals surface area contributed by atoms with E-state index in [9.17, 15) is 8.42 Å². The van der Waals surface area contributed by atoms with Crippen LogP contribution in [0.5, 0.6) is 0 Å². The van der Waals surface area contributed by atoms with Crippen molar-refractivity contribution >= 4 is 47.4 Å². The Morgan fingerprint density at radius 2 is 0.875 bits per heavy atom. The van der Waals surface area contributed by atoms with Crippen LogP contribution in [0.3, 0.4) is 0 Å². The Labute approximate surface area is 66.4 Å². The fraction of sp³-hybridized carbons (Fsp3) is 0. The van der Waals surface area contributed by atoms with Crippen molar-refractivity contribution < 1.29 is 8.42 Å². The van der Waals surface area contributed by atoms with Crippen LogP contribution in [0.4, 0.5) is 0 Å². The second-order valence-electron chi connectivity index (χ2n) is 0.589. The Hall–Kier alpha value is 0.740. The maximum Gasteiger partial charge on any atom is 0.271 e. The summed E-state index contributed by atoms with van der Waals surface area (Å²) in [5, 5.41) is 8.21. The van der Waals surface area contributed by atoms with Gasteiger partial charge in [-0.25, -0.2) is 10.3 Å². The molecule has 0 aromatic rings. The Morgan fingerprint density at radius 1 is 0.875 bits per heavy atom. The molecule has 0 bridgehead atoms. The van der Waals surface area contributed by atoms with Crippen molar-refractivity contribution in [3.05, 3.63) is 0 Å². The zero-order valence-electron chi connectivity index (χ0n) is 3.60. The molecule has 0 rings (SSSR count). The van der Waals surface area contributed by atoms with Crippen molar-refractivity contribution in [2.75, 3.05) is 0 Å². The third-order valence-corrected chi connectivity index (χ3v) is 0. The lowest BCUT2D eigenvalue weighted by Crippen LogP contribution is -2.21. The first-order chi connectivity index (χ1) is 2.00. The molecular weight excluding hydrogens is 198 g/mol. The normalized spacial score (nSPS) is 7.25. The molecule has 0 aliphatic carbocycles. The van der Waals surface area contributed by atoms with Crippen molar-refractivity contribution in [1.29, 1.82) is 0 Å². The lowest BCUT2D eigenvalue weighted by atomic mass is 13.9. The van der Waals surface area contributed by atoms with Gasteiger partial charge in [0.05, 0.1) is 0 Å². The summed E-state index contributed by atoms with van der Waals surface area (Å²) in [6.07, 6.45) is 0. The fourth-order valence-corrected chi connectivity index (χ4v) is 0. The standard InChI is InChI=1S/3ClH.H4N2O2S/c;;;1-5(2,3)4/h3*1H;(H4,1,2,3,4). The average molecular weight is 205 g/mol. The molecule has 0 aliphatic rings. The summed E-state index contributed by atoms with van der Waals surface area (Å²) in [7, 11) is -3.67. The van der Waals surface area contributed by atoms with Crippen molar-refractivity contribution in [2.45, 2.75) is 0 Å². The molecule has 0 aromatic heterocycles. The summed E-state index contributed by atoms with van der Waals surface area (Å²) in [6.45, 7) is 0. The Kier molecular flexibility index (Phi) is 22.5. The Morgan fingerprint density at radius 3 is 0.875 bits per heavy atom. The highest BCUT2D eigenvalue weighted by Crippen LogP contribution is 1.40. The van der Waals surface area contributed by atoms with Crippen LogP contribution in [0.25, 0.3) is 0 Å². The molecule has 4 nitrogen and oxygen atoms in total. The van der Waals surface area contributed by atoms with Crippen LogP contribution in [-0.4, -0.2) is 8.42 Å². The summed E-state index contributed by atoms with van der Waals surface area (Å²) < 4.78 is 18.4. The molecule has 0 radical (unpaired) electrons. The largest absolute Gasteiger partial charge is 0.271 e. The predicted octanol–water partition coefficient (Wildman–Crippen LogP) is -0.586. The van der Waals surface area contributed by atoms with Gasteiger partial charge in [-0.1, -0.05) is 0 Å². The predicted molar refractivity (Wildman–Crippen MR) is 39.0 cm³/mol. The van der Waals surface area contributed by atoms with E-state index in [4.69, 9.17) is 0 Å². The minimum atomic E-state index is -3.67. The van der Waals surface area contributed by atoms with Crippen LogP contribution in [0.2, 0.25) is 0 Å². The maximum atomic E-state index is 9.19. The first kappa shape index (κ1) is 23.3. The van der Waals surface area contributed by atoms with E-state index in [1.165, 1.54) is 0 Å². The fourth-order valence-electron chi connectivity index (χ4n) is 0. The molecule has 4 N–H and O–H groups in total. The van der Waals surface area contributed by atoms with Gasteiger partial charge in [-0.15, -0.1) is 37.2 Å². The van der Waals surface area contributed by atoms with Gasteiger partial charge in [-0.3, -0.25) is 0 Å². The van der Waals surface area contributed by atoms with Gasteiger partial charge in [0.1, 0.15) is 0 Å². The molecule has 0 saturated heterocycles. The third kappa shape index (κ3) is 406. The zero-order valence-corrected chi connectivity index (χ0v) is 6.87. The minimum absolute atomic E-state index is 0. The highest BCUT2D eigenvalue weighted by molar-refractivity contribution is 7.86. The molecular formula is H7Cl3N2O2S. The summed E-state index contributed by atoms with van der Waals surface area (Å²) in [6, 6.07) is 0. The Bertz CT molecular complexity index is 98.5. The second-order valence-corrected chi connectivity index (χ2v) is 1.77. The minimum Gasteiger partial charge on any atom is -0.216 e. The summed E-state index contributed by atoms with van der Waals surface area (Å²) >= 11 is 0.